The SMILES string of the molecule is CC(C)C[C@@H](NS(=O)(=O)c1cnn(C)c1)C(=O)O. The monoisotopic (exact) mass is 275 g/mol. The molecule has 0 aromatic carbocycles. The molecule has 0 radical (unpaired) electrons. The highest BCUT2D eigenvalue weighted by Gasteiger charge is 2.26. The summed E-state index contributed by atoms with van der Waals surface area (Å²) in [6.07, 6.45) is 2.72. The molecule has 0 bridgehead atoms. The summed E-state index contributed by atoms with van der Waals surface area (Å²) in [5.41, 5.74) is 0. The van der Waals surface area contributed by atoms with E-state index in [2.05, 4.69) is 9.82 Å². The van der Waals surface area contributed by atoms with Crippen molar-refractivity contribution in [3.05, 3.63) is 12.4 Å². The molecule has 7 nitrogen and oxygen atoms in total. The lowest BCUT2D eigenvalue weighted by molar-refractivity contribution is -0.139. The molecule has 0 aliphatic rings. The third kappa shape index (κ3) is 3.81. The molecule has 0 amide bonds. The molecule has 0 saturated heterocycles. The fourth-order valence-electron chi connectivity index (χ4n) is 1.46. The summed E-state index contributed by atoms with van der Waals surface area (Å²) in [6.45, 7) is 3.66. The van der Waals surface area contributed by atoms with Crippen LogP contribution in [-0.4, -0.2) is 35.3 Å². The van der Waals surface area contributed by atoms with Crippen molar-refractivity contribution in [1.29, 1.82) is 0 Å². The molecule has 0 aliphatic heterocycles. The van der Waals surface area contributed by atoms with Gasteiger partial charge in [0.1, 0.15) is 10.9 Å². The predicted octanol–water partition coefficient (Wildman–Crippen LogP) is 0.198. The van der Waals surface area contributed by atoms with Gasteiger partial charge in [-0.25, -0.2) is 8.42 Å². The first-order chi connectivity index (χ1) is 8.22. The Balaban J connectivity index is 2.89. The summed E-state index contributed by atoms with van der Waals surface area (Å²) in [6, 6.07) is -1.13. The Hall–Kier alpha value is -1.41. The number of aromatic nitrogens is 2. The number of carboxylic acids is 1. The van der Waals surface area contributed by atoms with Crippen molar-refractivity contribution in [1.82, 2.24) is 14.5 Å². The molecule has 1 heterocycles. The van der Waals surface area contributed by atoms with E-state index in [1.165, 1.54) is 17.1 Å². The Morgan fingerprint density at radius 2 is 2.17 bits per heavy atom. The first kappa shape index (κ1) is 14.7. The maximum absolute atomic E-state index is 11.9. The van der Waals surface area contributed by atoms with Crippen molar-refractivity contribution in [2.24, 2.45) is 13.0 Å². The average Bonchev–Trinajstić information content (AvgIpc) is 2.63. The van der Waals surface area contributed by atoms with E-state index in [1.807, 2.05) is 13.8 Å². The van der Waals surface area contributed by atoms with Gasteiger partial charge in [-0.1, -0.05) is 13.8 Å². The molecule has 1 aromatic heterocycles. The fraction of sp³-hybridized carbons (Fsp3) is 0.600. The van der Waals surface area contributed by atoms with Crippen LogP contribution in [0.2, 0.25) is 0 Å². The second-order valence-corrected chi connectivity index (χ2v) is 6.21. The third-order valence-electron chi connectivity index (χ3n) is 2.29. The van der Waals surface area contributed by atoms with E-state index in [4.69, 9.17) is 5.11 Å². The lowest BCUT2D eigenvalue weighted by Crippen LogP contribution is -2.41. The van der Waals surface area contributed by atoms with Gasteiger partial charge in [-0.15, -0.1) is 0 Å². The lowest BCUT2D eigenvalue weighted by Gasteiger charge is -2.15. The Labute approximate surface area is 106 Å². The number of carbonyl (C=O) groups is 1. The number of sulfonamides is 1. The van der Waals surface area contributed by atoms with Gasteiger partial charge in [0.05, 0.1) is 6.20 Å². The Morgan fingerprint density at radius 3 is 2.56 bits per heavy atom. The molecule has 8 heteroatoms. The summed E-state index contributed by atoms with van der Waals surface area (Å²) in [5, 5.41) is 12.7. The molecule has 0 saturated carbocycles. The molecule has 102 valence electrons. The minimum absolute atomic E-state index is 0.0417. The van der Waals surface area contributed by atoms with Gasteiger partial charge >= 0.3 is 5.97 Å². The van der Waals surface area contributed by atoms with Crippen molar-refractivity contribution >= 4 is 16.0 Å². The summed E-state index contributed by atoms with van der Waals surface area (Å²) >= 11 is 0. The number of hydrogen-bond donors (Lipinski definition) is 2. The summed E-state index contributed by atoms with van der Waals surface area (Å²) in [4.78, 5) is 11.0. The largest absolute Gasteiger partial charge is 0.480 e. The quantitative estimate of drug-likeness (QED) is 0.772. The molecular weight excluding hydrogens is 258 g/mol. The zero-order chi connectivity index (χ0) is 13.9. The zero-order valence-electron chi connectivity index (χ0n) is 10.5. The minimum atomic E-state index is -3.84. The Kier molecular flexibility index (Phi) is 4.47. The smallest absolute Gasteiger partial charge is 0.321 e. The number of carboxylic acid groups (broad SMARTS) is 1. The minimum Gasteiger partial charge on any atom is -0.480 e. The van der Waals surface area contributed by atoms with Crippen molar-refractivity contribution in [3.8, 4) is 0 Å². The van der Waals surface area contributed by atoms with Crippen LogP contribution >= 0.6 is 0 Å². The zero-order valence-corrected chi connectivity index (χ0v) is 11.3. The number of nitrogens with zero attached hydrogens (tertiary/aromatic N) is 2. The van der Waals surface area contributed by atoms with Crippen LogP contribution in [0.5, 0.6) is 0 Å². The number of rotatable bonds is 6. The van der Waals surface area contributed by atoms with Gasteiger partial charge in [-0.2, -0.15) is 9.82 Å². The molecule has 0 spiro atoms. The van der Waals surface area contributed by atoms with Crippen molar-refractivity contribution in [3.63, 3.8) is 0 Å². The van der Waals surface area contributed by atoms with E-state index in [-0.39, 0.29) is 17.2 Å². The van der Waals surface area contributed by atoms with E-state index < -0.39 is 22.0 Å². The maximum atomic E-state index is 11.9. The van der Waals surface area contributed by atoms with E-state index >= 15 is 0 Å². The fourth-order valence-corrected chi connectivity index (χ4v) is 2.65. The van der Waals surface area contributed by atoms with Crippen LogP contribution in [-0.2, 0) is 21.9 Å². The average molecular weight is 275 g/mol. The van der Waals surface area contributed by atoms with Crippen molar-refractivity contribution < 1.29 is 18.3 Å². The van der Waals surface area contributed by atoms with Crippen LogP contribution < -0.4 is 4.72 Å². The summed E-state index contributed by atoms with van der Waals surface area (Å²) in [7, 11) is -2.26. The predicted molar refractivity (Wildman–Crippen MR) is 64.4 cm³/mol. The standard InChI is InChI=1S/C10H17N3O4S/c1-7(2)4-9(10(14)15)12-18(16,17)8-5-11-13(3)6-8/h5-7,9,12H,4H2,1-3H3,(H,14,15)/t9-/m1/s1. The van der Waals surface area contributed by atoms with Crippen LogP contribution in [0.3, 0.4) is 0 Å². The molecular formula is C10H17N3O4S. The Morgan fingerprint density at radius 1 is 1.56 bits per heavy atom. The normalized spacial score (nSPS) is 13.8. The van der Waals surface area contributed by atoms with Crippen molar-refractivity contribution in [2.45, 2.75) is 31.2 Å². The van der Waals surface area contributed by atoms with Crippen LogP contribution in [0.15, 0.2) is 17.3 Å². The highest BCUT2D eigenvalue weighted by molar-refractivity contribution is 7.89. The van der Waals surface area contributed by atoms with Crippen molar-refractivity contribution in [2.75, 3.05) is 0 Å². The summed E-state index contributed by atoms with van der Waals surface area (Å²) in [5.74, 6) is -1.11. The van der Waals surface area contributed by atoms with Gasteiger partial charge in [0, 0.05) is 13.2 Å². The van der Waals surface area contributed by atoms with Crippen LogP contribution in [0.1, 0.15) is 20.3 Å². The van der Waals surface area contributed by atoms with Gasteiger partial charge in [0.2, 0.25) is 10.0 Å². The second kappa shape index (κ2) is 5.49. The van der Waals surface area contributed by atoms with Crippen LogP contribution in [0.4, 0.5) is 0 Å². The van der Waals surface area contributed by atoms with Gasteiger partial charge in [0.15, 0.2) is 0 Å². The number of aryl methyl sites for hydroxylation is 1. The number of hydrogen-bond acceptors (Lipinski definition) is 4. The second-order valence-electron chi connectivity index (χ2n) is 4.49. The molecule has 0 unspecified atom stereocenters. The number of nitrogens with one attached hydrogen (secondary N) is 1. The van der Waals surface area contributed by atoms with Gasteiger partial charge < -0.3 is 5.11 Å². The van der Waals surface area contributed by atoms with Gasteiger partial charge in [-0.05, 0) is 12.3 Å². The van der Waals surface area contributed by atoms with Gasteiger partial charge in [0.25, 0.3) is 0 Å². The maximum Gasteiger partial charge on any atom is 0.321 e. The van der Waals surface area contributed by atoms with E-state index in [0.29, 0.717) is 0 Å². The highest BCUT2D eigenvalue weighted by atomic mass is 32.2. The topological polar surface area (TPSA) is 101 Å². The van der Waals surface area contributed by atoms with E-state index in [9.17, 15) is 13.2 Å². The lowest BCUT2D eigenvalue weighted by atomic mass is 10.1. The molecule has 1 aromatic rings. The first-order valence-corrected chi connectivity index (χ1v) is 6.94. The van der Waals surface area contributed by atoms with Gasteiger partial charge in [-0.3, -0.25) is 9.48 Å². The number of aliphatic carboxylic acids is 1. The molecule has 0 fully saturated rings. The third-order valence-corrected chi connectivity index (χ3v) is 3.72. The molecule has 1 rings (SSSR count). The molecule has 18 heavy (non-hydrogen) atoms. The van der Waals surface area contributed by atoms with E-state index in [0.717, 1.165) is 0 Å². The van der Waals surface area contributed by atoms with E-state index in [1.54, 1.807) is 7.05 Å². The van der Waals surface area contributed by atoms with Crippen LogP contribution in [0.25, 0.3) is 0 Å². The Bertz CT molecular complexity index is 521. The molecule has 1 atom stereocenters. The molecule has 2 N–H and O–H groups in total. The molecule has 0 aliphatic carbocycles. The van der Waals surface area contributed by atoms with Crippen LogP contribution in [0, 0.1) is 5.92 Å². The highest BCUT2D eigenvalue weighted by Crippen LogP contribution is 2.11. The summed E-state index contributed by atoms with van der Waals surface area (Å²) < 4.78 is 27.3. The first-order valence-electron chi connectivity index (χ1n) is 5.46.